The number of amides is 1. The number of nitrogens with zero attached hydrogens (tertiary/aromatic N) is 1. The third kappa shape index (κ3) is 2.79. The number of benzene rings is 1. The zero-order chi connectivity index (χ0) is 15.8. The standard InChI is InChI=1S/C18H18N2O3/c21-16(19-11-8-9-11)10-23-18(22)17-12-4-1-2-6-14(12)20-15-7-3-5-13(15)17/h1-2,4,6,11H,3,5,7-10H2,(H,19,21). The van der Waals surface area contributed by atoms with E-state index in [4.69, 9.17) is 4.74 Å². The summed E-state index contributed by atoms with van der Waals surface area (Å²) in [5.74, 6) is -0.649. The lowest BCUT2D eigenvalue weighted by Gasteiger charge is -2.12. The molecule has 5 nitrogen and oxygen atoms in total. The van der Waals surface area contributed by atoms with Crippen molar-refractivity contribution in [2.24, 2.45) is 0 Å². The molecule has 2 aromatic rings. The van der Waals surface area contributed by atoms with Crippen molar-refractivity contribution in [3.8, 4) is 0 Å². The number of hydrogen-bond acceptors (Lipinski definition) is 4. The van der Waals surface area contributed by atoms with Gasteiger partial charge in [-0.05, 0) is 43.7 Å². The Labute approximate surface area is 134 Å². The Kier molecular flexibility index (Phi) is 3.48. The molecule has 1 saturated carbocycles. The lowest BCUT2D eigenvalue weighted by Crippen LogP contribution is -2.30. The Balaban J connectivity index is 1.61. The van der Waals surface area contributed by atoms with E-state index in [0.717, 1.165) is 54.3 Å². The Hall–Kier alpha value is -2.43. The van der Waals surface area contributed by atoms with Crippen LogP contribution in [-0.4, -0.2) is 29.5 Å². The zero-order valence-corrected chi connectivity index (χ0v) is 12.8. The van der Waals surface area contributed by atoms with Crippen LogP contribution in [0, 0.1) is 0 Å². The van der Waals surface area contributed by atoms with Crippen molar-refractivity contribution in [2.75, 3.05) is 6.61 Å². The van der Waals surface area contributed by atoms with Crippen molar-refractivity contribution in [3.63, 3.8) is 0 Å². The molecule has 2 aliphatic carbocycles. The number of aromatic nitrogens is 1. The number of carbonyl (C=O) groups excluding carboxylic acids is 2. The number of para-hydroxylation sites is 1. The largest absolute Gasteiger partial charge is 0.452 e. The maximum absolute atomic E-state index is 12.6. The van der Waals surface area contributed by atoms with Crippen LogP contribution < -0.4 is 5.32 Å². The molecule has 23 heavy (non-hydrogen) atoms. The maximum Gasteiger partial charge on any atom is 0.339 e. The number of rotatable bonds is 4. The predicted molar refractivity (Wildman–Crippen MR) is 85.2 cm³/mol. The molecule has 118 valence electrons. The fourth-order valence-corrected chi connectivity index (χ4v) is 3.14. The number of aryl methyl sites for hydroxylation is 1. The van der Waals surface area contributed by atoms with Gasteiger partial charge in [0.15, 0.2) is 6.61 Å². The van der Waals surface area contributed by atoms with E-state index < -0.39 is 5.97 Å². The number of hydrogen-bond donors (Lipinski definition) is 1. The van der Waals surface area contributed by atoms with E-state index >= 15 is 0 Å². The molecule has 1 heterocycles. The van der Waals surface area contributed by atoms with Gasteiger partial charge in [-0.1, -0.05) is 18.2 Å². The summed E-state index contributed by atoms with van der Waals surface area (Å²) in [7, 11) is 0. The summed E-state index contributed by atoms with van der Waals surface area (Å²) in [5.41, 5.74) is 3.36. The van der Waals surface area contributed by atoms with Gasteiger partial charge >= 0.3 is 5.97 Å². The first-order valence-electron chi connectivity index (χ1n) is 8.09. The highest BCUT2D eigenvalue weighted by Crippen LogP contribution is 2.30. The molecule has 1 fully saturated rings. The minimum Gasteiger partial charge on any atom is -0.452 e. The quantitative estimate of drug-likeness (QED) is 0.879. The van der Waals surface area contributed by atoms with Crippen LogP contribution in [0.1, 0.15) is 40.9 Å². The van der Waals surface area contributed by atoms with Gasteiger partial charge in [0, 0.05) is 17.1 Å². The molecule has 1 aromatic carbocycles. The molecule has 0 saturated heterocycles. The highest BCUT2D eigenvalue weighted by atomic mass is 16.5. The van der Waals surface area contributed by atoms with Crippen LogP contribution in [0.25, 0.3) is 10.9 Å². The molecule has 2 aliphatic rings. The fourth-order valence-electron chi connectivity index (χ4n) is 3.14. The van der Waals surface area contributed by atoms with Crippen molar-refractivity contribution >= 4 is 22.8 Å². The molecule has 0 atom stereocenters. The van der Waals surface area contributed by atoms with Crippen LogP contribution in [0.15, 0.2) is 24.3 Å². The zero-order valence-electron chi connectivity index (χ0n) is 12.8. The van der Waals surface area contributed by atoms with Crippen LogP contribution in [0.4, 0.5) is 0 Å². The predicted octanol–water partition coefficient (Wildman–Crippen LogP) is 2.16. The SMILES string of the molecule is O=C(COC(=O)c1c2c(nc3ccccc13)CCC2)NC1CC1. The first kappa shape index (κ1) is 14.2. The number of nitrogens with one attached hydrogen (secondary N) is 1. The van der Waals surface area contributed by atoms with E-state index in [1.807, 2.05) is 24.3 Å². The Bertz CT molecular complexity index is 796. The molecule has 1 aromatic heterocycles. The van der Waals surface area contributed by atoms with Gasteiger partial charge in [0.05, 0.1) is 11.1 Å². The molecular formula is C18H18N2O3. The number of ether oxygens (including phenoxy) is 1. The summed E-state index contributed by atoms with van der Waals surface area (Å²) < 4.78 is 5.27. The van der Waals surface area contributed by atoms with Crippen LogP contribution in [-0.2, 0) is 22.4 Å². The summed E-state index contributed by atoms with van der Waals surface area (Å²) in [6, 6.07) is 7.87. The van der Waals surface area contributed by atoms with Crippen LogP contribution in [0.2, 0.25) is 0 Å². The van der Waals surface area contributed by atoms with Crippen molar-refractivity contribution in [3.05, 3.63) is 41.1 Å². The second-order valence-corrected chi connectivity index (χ2v) is 6.20. The van der Waals surface area contributed by atoms with Gasteiger partial charge in [-0.15, -0.1) is 0 Å². The van der Waals surface area contributed by atoms with E-state index in [2.05, 4.69) is 10.3 Å². The highest BCUT2D eigenvalue weighted by Gasteiger charge is 2.26. The maximum atomic E-state index is 12.6. The monoisotopic (exact) mass is 310 g/mol. The fraction of sp³-hybridized carbons (Fsp3) is 0.389. The van der Waals surface area contributed by atoms with E-state index in [-0.39, 0.29) is 18.6 Å². The topological polar surface area (TPSA) is 68.3 Å². The van der Waals surface area contributed by atoms with E-state index in [0.29, 0.717) is 5.56 Å². The van der Waals surface area contributed by atoms with Gasteiger partial charge in [0.2, 0.25) is 0 Å². The third-order valence-electron chi connectivity index (χ3n) is 4.40. The molecule has 1 amide bonds. The summed E-state index contributed by atoms with van der Waals surface area (Å²) in [6.07, 6.45) is 4.76. The Morgan fingerprint density at radius 2 is 2.04 bits per heavy atom. The Morgan fingerprint density at radius 3 is 2.87 bits per heavy atom. The smallest absolute Gasteiger partial charge is 0.339 e. The van der Waals surface area contributed by atoms with Crippen LogP contribution >= 0.6 is 0 Å². The number of esters is 1. The van der Waals surface area contributed by atoms with Crippen molar-refractivity contribution < 1.29 is 14.3 Å². The lowest BCUT2D eigenvalue weighted by molar-refractivity contribution is -0.124. The van der Waals surface area contributed by atoms with E-state index in [9.17, 15) is 9.59 Å². The molecule has 0 radical (unpaired) electrons. The normalized spacial score (nSPS) is 16.2. The van der Waals surface area contributed by atoms with Crippen molar-refractivity contribution in [2.45, 2.75) is 38.1 Å². The average Bonchev–Trinajstić information content (AvgIpc) is 3.24. The molecule has 1 N–H and O–H groups in total. The van der Waals surface area contributed by atoms with Gasteiger partial charge in [-0.25, -0.2) is 4.79 Å². The number of pyridine rings is 1. The van der Waals surface area contributed by atoms with Gasteiger partial charge in [-0.3, -0.25) is 9.78 Å². The number of fused-ring (bicyclic) bond motifs is 2. The molecule has 0 aliphatic heterocycles. The summed E-state index contributed by atoms with van der Waals surface area (Å²) in [6.45, 7) is -0.221. The average molecular weight is 310 g/mol. The van der Waals surface area contributed by atoms with Crippen molar-refractivity contribution in [1.29, 1.82) is 0 Å². The molecule has 0 unspecified atom stereocenters. The number of carbonyl (C=O) groups is 2. The molecule has 0 bridgehead atoms. The third-order valence-corrected chi connectivity index (χ3v) is 4.40. The molecule has 4 rings (SSSR count). The van der Waals surface area contributed by atoms with Crippen molar-refractivity contribution in [1.82, 2.24) is 10.3 Å². The summed E-state index contributed by atoms with van der Waals surface area (Å²) in [5, 5.41) is 3.63. The summed E-state index contributed by atoms with van der Waals surface area (Å²) in [4.78, 5) is 29.0. The van der Waals surface area contributed by atoms with E-state index in [1.54, 1.807) is 0 Å². The van der Waals surface area contributed by atoms with Crippen LogP contribution in [0.5, 0.6) is 0 Å². The highest BCUT2D eigenvalue weighted by molar-refractivity contribution is 6.05. The minimum atomic E-state index is -0.423. The molecule has 5 heteroatoms. The van der Waals surface area contributed by atoms with Gasteiger partial charge in [-0.2, -0.15) is 0 Å². The second-order valence-electron chi connectivity index (χ2n) is 6.20. The van der Waals surface area contributed by atoms with Gasteiger partial charge in [0.1, 0.15) is 0 Å². The van der Waals surface area contributed by atoms with E-state index in [1.165, 1.54) is 0 Å². The van der Waals surface area contributed by atoms with Gasteiger partial charge < -0.3 is 10.1 Å². The minimum absolute atomic E-state index is 0.221. The Morgan fingerprint density at radius 1 is 1.22 bits per heavy atom. The van der Waals surface area contributed by atoms with Crippen LogP contribution in [0.3, 0.4) is 0 Å². The summed E-state index contributed by atoms with van der Waals surface area (Å²) >= 11 is 0. The lowest BCUT2D eigenvalue weighted by atomic mass is 10.0. The second kappa shape index (κ2) is 5.65. The molecule has 0 spiro atoms. The first-order valence-corrected chi connectivity index (χ1v) is 8.09. The van der Waals surface area contributed by atoms with Gasteiger partial charge in [0.25, 0.3) is 5.91 Å². The first-order chi connectivity index (χ1) is 11.2. The molecular weight excluding hydrogens is 292 g/mol.